The van der Waals surface area contributed by atoms with Crippen molar-refractivity contribution in [1.29, 1.82) is 0 Å². The molecular weight excluding hydrogens is 400 g/mol. The highest BCUT2D eigenvalue weighted by Crippen LogP contribution is 2.30. The average molecular weight is 423 g/mol. The van der Waals surface area contributed by atoms with Crippen molar-refractivity contribution in [3.05, 3.63) is 76.7 Å². The third kappa shape index (κ3) is 4.37. The minimum absolute atomic E-state index is 0.0631. The number of aliphatic hydroxyl groups excluding tert-OH is 1. The fraction of sp³-hybridized carbons (Fsp3) is 0.217. The van der Waals surface area contributed by atoms with Gasteiger partial charge in [0.15, 0.2) is 0 Å². The molecule has 1 N–H and O–H groups in total. The number of thiophene rings is 1. The van der Waals surface area contributed by atoms with Crippen LogP contribution in [0.15, 0.2) is 71.1 Å². The molecule has 154 valence electrons. The summed E-state index contributed by atoms with van der Waals surface area (Å²) in [6.45, 7) is 2.69. The van der Waals surface area contributed by atoms with Crippen molar-refractivity contribution < 1.29 is 14.6 Å². The quantitative estimate of drug-likeness (QED) is 0.465. The summed E-state index contributed by atoms with van der Waals surface area (Å²) in [5.74, 6) is 1.39. The van der Waals surface area contributed by atoms with Gasteiger partial charge in [-0.2, -0.15) is 0 Å². The topological polar surface area (TPSA) is 73.6 Å². The van der Waals surface area contributed by atoms with E-state index in [2.05, 4.69) is 4.98 Å². The van der Waals surface area contributed by atoms with Crippen LogP contribution in [0, 0.1) is 0 Å². The highest BCUT2D eigenvalue weighted by molar-refractivity contribution is 7.17. The van der Waals surface area contributed by atoms with Crippen LogP contribution in [-0.2, 0) is 6.54 Å². The van der Waals surface area contributed by atoms with Crippen LogP contribution in [0.1, 0.15) is 6.92 Å². The molecule has 4 rings (SSSR count). The lowest BCUT2D eigenvalue weighted by Gasteiger charge is -2.14. The first-order valence-electron chi connectivity index (χ1n) is 9.71. The van der Waals surface area contributed by atoms with Gasteiger partial charge in [-0.25, -0.2) is 4.98 Å². The fourth-order valence-electron chi connectivity index (χ4n) is 3.20. The smallest absolute Gasteiger partial charge is 0.262 e. The van der Waals surface area contributed by atoms with Gasteiger partial charge < -0.3 is 14.6 Å². The zero-order valence-electron chi connectivity index (χ0n) is 16.5. The number of hydrogen-bond acceptors (Lipinski definition) is 6. The Bertz CT molecular complexity index is 1170. The molecular formula is C23H22N2O4S. The third-order valence-corrected chi connectivity index (χ3v) is 5.52. The van der Waals surface area contributed by atoms with E-state index in [0.29, 0.717) is 22.6 Å². The van der Waals surface area contributed by atoms with Gasteiger partial charge in [0.1, 0.15) is 29.0 Å². The molecule has 0 fully saturated rings. The molecule has 6 nitrogen and oxygen atoms in total. The predicted octanol–water partition coefficient (Wildman–Crippen LogP) is 3.96. The van der Waals surface area contributed by atoms with Gasteiger partial charge in [-0.1, -0.05) is 30.3 Å². The maximum atomic E-state index is 13.1. The lowest BCUT2D eigenvalue weighted by atomic mass is 10.1. The van der Waals surface area contributed by atoms with Crippen LogP contribution in [0.25, 0.3) is 21.3 Å². The minimum Gasteiger partial charge on any atom is -0.494 e. The number of fused-ring (bicyclic) bond motifs is 1. The van der Waals surface area contributed by atoms with E-state index in [0.717, 1.165) is 16.9 Å². The number of hydrogen-bond donors (Lipinski definition) is 1. The largest absolute Gasteiger partial charge is 0.494 e. The molecule has 0 aliphatic carbocycles. The van der Waals surface area contributed by atoms with E-state index in [4.69, 9.17) is 9.47 Å². The van der Waals surface area contributed by atoms with Crippen molar-refractivity contribution in [1.82, 2.24) is 9.55 Å². The predicted molar refractivity (Wildman–Crippen MR) is 118 cm³/mol. The molecule has 0 spiro atoms. The molecule has 30 heavy (non-hydrogen) atoms. The van der Waals surface area contributed by atoms with E-state index in [9.17, 15) is 9.90 Å². The Morgan fingerprint density at radius 3 is 2.47 bits per heavy atom. The summed E-state index contributed by atoms with van der Waals surface area (Å²) in [6.07, 6.45) is 0.628. The molecule has 1 atom stereocenters. The average Bonchev–Trinajstić information content (AvgIpc) is 3.21. The number of aromatic nitrogens is 2. The Balaban J connectivity index is 1.48. The first kappa shape index (κ1) is 20.1. The zero-order valence-corrected chi connectivity index (χ0v) is 17.3. The maximum absolute atomic E-state index is 13.1. The van der Waals surface area contributed by atoms with Crippen LogP contribution < -0.4 is 15.0 Å². The molecule has 2 heterocycles. The van der Waals surface area contributed by atoms with Crippen LogP contribution >= 0.6 is 11.3 Å². The van der Waals surface area contributed by atoms with Crippen molar-refractivity contribution in [3.63, 3.8) is 0 Å². The number of rotatable bonds is 8. The second kappa shape index (κ2) is 9.11. The van der Waals surface area contributed by atoms with E-state index in [1.807, 2.05) is 54.8 Å². The van der Waals surface area contributed by atoms with Crippen LogP contribution in [-0.4, -0.2) is 34.0 Å². The second-order valence-corrected chi connectivity index (χ2v) is 7.62. The molecule has 0 bridgehead atoms. The van der Waals surface area contributed by atoms with E-state index < -0.39 is 6.10 Å². The molecule has 0 radical (unpaired) electrons. The maximum Gasteiger partial charge on any atom is 0.262 e. The van der Waals surface area contributed by atoms with Crippen LogP contribution in [0.2, 0.25) is 0 Å². The number of ether oxygens (including phenoxy) is 2. The Kier molecular flexibility index (Phi) is 6.11. The van der Waals surface area contributed by atoms with Gasteiger partial charge in [0.05, 0.1) is 24.9 Å². The Hall–Kier alpha value is -3.16. The number of benzene rings is 2. The van der Waals surface area contributed by atoms with Crippen molar-refractivity contribution in [3.8, 4) is 22.6 Å². The highest BCUT2D eigenvalue weighted by Gasteiger charge is 2.15. The molecule has 0 aliphatic rings. The van der Waals surface area contributed by atoms with Gasteiger partial charge in [-0.3, -0.25) is 9.36 Å². The Morgan fingerprint density at radius 1 is 1.07 bits per heavy atom. The standard InChI is InChI=1S/C23H22N2O4S/c1-2-28-18-8-10-19(11-9-18)29-13-17(26)12-25-15-24-22-21(23(25)27)20(14-30-22)16-6-4-3-5-7-16/h3-11,14-15,17,26H,2,12-13H2,1H3. The molecule has 0 saturated carbocycles. The lowest BCUT2D eigenvalue weighted by molar-refractivity contribution is 0.0914. The molecule has 4 aromatic rings. The van der Waals surface area contributed by atoms with Gasteiger partial charge in [0.2, 0.25) is 0 Å². The molecule has 0 saturated heterocycles. The van der Waals surface area contributed by atoms with Crippen molar-refractivity contribution >= 4 is 21.6 Å². The van der Waals surface area contributed by atoms with E-state index in [1.54, 1.807) is 12.1 Å². The second-order valence-electron chi connectivity index (χ2n) is 6.77. The molecule has 7 heteroatoms. The summed E-state index contributed by atoms with van der Waals surface area (Å²) in [6, 6.07) is 17.0. The Labute approximate surface area is 178 Å². The van der Waals surface area contributed by atoms with E-state index >= 15 is 0 Å². The molecule has 0 aliphatic heterocycles. The summed E-state index contributed by atoms with van der Waals surface area (Å²) in [4.78, 5) is 18.1. The molecule has 0 amide bonds. The summed E-state index contributed by atoms with van der Waals surface area (Å²) < 4.78 is 12.5. The molecule has 1 unspecified atom stereocenters. The third-order valence-electron chi connectivity index (χ3n) is 4.63. The summed E-state index contributed by atoms with van der Waals surface area (Å²) in [5.41, 5.74) is 1.67. The summed E-state index contributed by atoms with van der Waals surface area (Å²) >= 11 is 1.44. The lowest BCUT2D eigenvalue weighted by Crippen LogP contribution is -2.30. The fourth-order valence-corrected chi connectivity index (χ4v) is 4.11. The van der Waals surface area contributed by atoms with Gasteiger partial charge >= 0.3 is 0 Å². The first-order valence-corrected chi connectivity index (χ1v) is 10.6. The summed E-state index contributed by atoms with van der Waals surface area (Å²) in [7, 11) is 0. The van der Waals surface area contributed by atoms with Crippen molar-refractivity contribution in [2.45, 2.75) is 19.6 Å². The normalized spacial score (nSPS) is 12.1. The molecule has 2 aromatic carbocycles. The monoisotopic (exact) mass is 422 g/mol. The number of aliphatic hydroxyl groups is 1. The zero-order chi connectivity index (χ0) is 20.9. The van der Waals surface area contributed by atoms with Crippen LogP contribution in [0.4, 0.5) is 0 Å². The van der Waals surface area contributed by atoms with Gasteiger partial charge in [-0.15, -0.1) is 11.3 Å². The van der Waals surface area contributed by atoms with Gasteiger partial charge in [0.25, 0.3) is 5.56 Å². The minimum atomic E-state index is -0.854. The first-order chi connectivity index (χ1) is 14.7. The highest BCUT2D eigenvalue weighted by atomic mass is 32.1. The van der Waals surface area contributed by atoms with Gasteiger partial charge in [-0.05, 0) is 36.8 Å². The molecule has 2 aromatic heterocycles. The number of nitrogens with zero attached hydrogens (tertiary/aromatic N) is 2. The van der Waals surface area contributed by atoms with Crippen LogP contribution in [0.5, 0.6) is 11.5 Å². The van der Waals surface area contributed by atoms with Crippen molar-refractivity contribution in [2.75, 3.05) is 13.2 Å². The SMILES string of the molecule is CCOc1ccc(OCC(O)Cn2cnc3scc(-c4ccccc4)c3c2=O)cc1. The van der Waals surface area contributed by atoms with E-state index in [1.165, 1.54) is 22.2 Å². The summed E-state index contributed by atoms with van der Waals surface area (Å²) in [5, 5.41) is 12.9. The van der Waals surface area contributed by atoms with Crippen LogP contribution in [0.3, 0.4) is 0 Å². The Morgan fingerprint density at radius 2 is 1.77 bits per heavy atom. The van der Waals surface area contributed by atoms with Gasteiger partial charge in [0, 0.05) is 10.9 Å². The van der Waals surface area contributed by atoms with E-state index in [-0.39, 0.29) is 18.7 Å². The van der Waals surface area contributed by atoms with Crippen molar-refractivity contribution in [2.24, 2.45) is 0 Å².